The Morgan fingerprint density at radius 1 is 1.47 bits per heavy atom. The quantitative estimate of drug-likeness (QED) is 0.764. The highest BCUT2D eigenvalue weighted by Gasteiger charge is 2.24. The number of carbonyl (C=O) groups is 1. The second-order valence-electron chi connectivity index (χ2n) is 3.71. The monoisotopic (exact) mass is 206 g/mol. The predicted molar refractivity (Wildman–Crippen MR) is 56.5 cm³/mol. The molecule has 4 N–H and O–H groups in total. The summed E-state index contributed by atoms with van der Waals surface area (Å²) in [6.07, 6.45) is 2.44. The van der Waals surface area contributed by atoms with E-state index in [-0.39, 0.29) is 0 Å². The van der Waals surface area contributed by atoms with E-state index in [0.29, 0.717) is 24.0 Å². The first-order chi connectivity index (χ1) is 7.20. The van der Waals surface area contributed by atoms with Gasteiger partial charge >= 0.3 is 0 Å². The van der Waals surface area contributed by atoms with Gasteiger partial charge in [-0.1, -0.05) is 6.07 Å². The lowest BCUT2D eigenvalue weighted by molar-refractivity contribution is 0.0999. The minimum Gasteiger partial charge on any atom is -0.490 e. The minimum atomic E-state index is -0.445. The van der Waals surface area contributed by atoms with Crippen molar-refractivity contribution in [1.82, 2.24) is 0 Å². The molecule has 0 atom stereocenters. The number of rotatable bonds is 4. The van der Waals surface area contributed by atoms with Crippen LogP contribution < -0.4 is 16.2 Å². The van der Waals surface area contributed by atoms with E-state index < -0.39 is 5.91 Å². The zero-order valence-corrected chi connectivity index (χ0v) is 8.40. The van der Waals surface area contributed by atoms with Crippen molar-refractivity contribution in [3.8, 4) is 5.75 Å². The van der Waals surface area contributed by atoms with Crippen molar-refractivity contribution in [2.45, 2.75) is 25.5 Å². The van der Waals surface area contributed by atoms with E-state index in [1.807, 2.05) is 0 Å². The highest BCUT2D eigenvalue weighted by atomic mass is 16.5. The summed E-state index contributed by atoms with van der Waals surface area (Å²) in [4.78, 5) is 11.0. The van der Waals surface area contributed by atoms with E-state index in [1.165, 1.54) is 0 Å². The van der Waals surface area contributed by atoms with Gasteiger partial charge in [-0.3, -0.25) is 4.79 Å². The fraction of sp³-hybridized carbons (Fsp3) is 0.364. The number of benzene rings is 1. The Morgan fingerprint density at radius 2 is 2.20 bits per heavy atom. The summed E-state index contributed by atoms with van der Waals surface area (Å²) in [5, 5.41) is 0. The molecule has 0 unspecified atom stereocenters. The average Bonchev–Trinajstić information content (AvgIpc) is 3.01. The fourth-order valence-corrected chi connectivity index (χ4v) is 1.35. The molecule has 0 aliphatic heterocycles. The lowest BCUT2D eigenvalue weighted by Crippen LogP contribution is -2.12. The van der Waals surface area contributed by atoms with Crippen molar-refractivity contribution < 1.29 is 9.53 Å². The molecule has 0 bridgehead atoms. The third-order valence-electron chi connectivity index (χ3n) is 2.39. The molecule has 0 spiro atoms. The molecule has 15 heavy (non-hydrogen) atoms. The van der Waals surface area contributed by atoms with Crippen LogP contribution in [0.15, 0.2) is 18.2 Å². The second-order valence-corrected chi connectivity index (χ2v) is 3.71. The summed E-state index contributed by atoms with van der Waals surface area (Å²) in [5.41, 5.74) is 12.1. The molecule has 2 rings (SSSR count). The SMILES string of the molecule is NCc1ccc(C(N)=O)cc1OC1CC1. The Kier molecular flexibility index (Phi) is 2.60. The summed E-state index contributed by atoms with van der Waals surface area (Å²) < 4.78 is 5.65. The molecule has 1 aromatic rings. The molecule has 1 saturated carbocycles. The summed E-state index contributed by atoms with van der Waals surface area (Å²) in [6, 6.07) is 5.13. The first-order valence-electron chi connectivity index (χ1n) is 5.00. The molecule has 80 valence electrons. The average molecular weight is 206 g/mol. The van der Waals surface area contributed by atoms with Crippen LogP contribution in [-0.2, 0) is 6.54 Å². The zero-order valence-electron chi connectivity index (χ0n) is 8.40. The smallest absolute Gasteiger partial charge is 0.248 e. The molecule has 0 saturated heterocycles. The Hall–Kier alpha value is -1.55. The molecule has 0 radical (unpaired) electrons. The molecule has 1 aromatic carbocycles. The molecule has 1 fully saturated rings. The van der Waals surface area contributed by atoms with E-state index in [0.717, 1.165) is 18.4 Å². The van der Waals surface area contributed by atoms with Gasteiger partial charge in [0.05, 0.1) is 6.10 Å². The largest absolute Gasteiger partial charge is 0.490 e. The summed E-state index contributed by atoms with van der Waals surface area (Å²) in [6.45, 7) is 0.404. The van der Waals surface area contributed by atoms with Crippen molar-refractivity contribution in [3.05, 3.63) is 29.3 Å². The van der Waals surface area contributed by atoms with Crippen LogP contribution >= 0.6 is 0 Å². The van der Waals surface area contributed by atoms with Crippen LogP contribution in [0, 0.1) is 0 Å². The standard InChI is InChI=1S/C11H14N2O2/c12-6-8-2-1-7(11(13)14)5-10(8)15-9-3-4-9/h1-2,5,9H,3-4,6,12H2,(H2,13,14). The van der Waals surface area contributed by atoms with Gasteiger partial charge in [0.25, 0.3) is 0 Å². The highest BCUT2D eigenvalue weighted by molar-refractivity contribution is 5.93. The number of primary amides is 1. The zero-order chi connectivity index (χ0) is 10.8. The van der Waals surface area contributed by atoms with Crippen LogP contribution in [0.2, 0.25) is 0 Å². The second kappa shape index (κ2) is 3.90. The van der Waals surface area contributed by atoms with Gasteiger partial charge in [-0.05, 0) is 25.0 Å². The fourth-order valence-electron chi connectivity index (χ4n) is 1.35. The van der Waals surface area contributed by atoms with E-state index in [2.05, 4.69) is 0 Å². The third kappa shape index (κ3) is 2.27. The van der Waals surface area contributed by atoms with Gasteiger partial charge in [-0.2, -0.15) is 0 Å². The van der Waals surface area contributed by atoms with Crippen LogP contribution in [0.25, 0.3) is 0 Å². The van der Waals surface area contributed by atoms with E-state index in [9.17, 15) is 4.79 Å². The van der Waals surface area contributed by atoms with Crippen LogP contribution in [0.3, 0.4) is 0 Å². The Morgan fingerprint density at radius 3 is 2.73 bits per heavy atom. The van der Waals surface area contributed by atoms with Crippen LogP contribution in [0.1, 0.15) is 28.8 Å². The normalized spacial score (nSPS) is 15.0. The van der Waals surface area contributed by atoms with Crippen molar-refractivity contribution >= 4 is 5.91 Å². The minimum absolute atomic E-state index is 0.290. The van der Waals surface area contributed by atoms with Gasteiger partial charge in [0.2, 0.25) is 5.91 Å². The van der Waals surface area contributed by atoms with Gasteiger partial charge in [0.15, 0.2) is 0 Å². The van der Waals surface area contributed by atoms with Crippen molar-refractivity contribution in [2.24, 2.45) is 11.5 Å². The maximum absolute atomic E-state index is 11.0. The first-order valence-corrected chi connectivity index (χ1v) is 5.00. The van der Waals surface area contributed by atoms with Crippen LogP contribution in [-0.4, -0.2) is 12.0 Å². The third-order valence-corrected chi connectivity index (χ3v) is 2.39. The molecule has 1 aliphatic rings. The maximum atomic E-state index is 11.0. The molecule has 0 heterocycles. The molecular formula is C11H14N2O2. The maximum Gasteiger partial charge on any atom is 0.248 e. The van der Waals surface area contributed by atoms with E-state index in [4.69, 9.17) is 16.2 Å². The lowest BCUT2D eigenvalue weighted by atomic mass is 10.1. The Bertz CT molecular complexity index is 386. The first kappa shape index (κ1) is 9.98. The number of amides is 1. The van der Waals surface area contributed by atoms with Crippen LogP contribution in [0.5, 0.6) is 5.75 Å². The van der Waals surface area contributed by atoms with Crippen molar-refractivity contribution in [1.29, 1.82) is 0 Å². The predicted octanol–water partition coefficient (Wildman–Crippen LogP) is 0.785. The van der Waals surface area contributed by atoms with Gasteiger partial charge in [0.1, 0.15) is 5.75 Å². The van der Waals surface area contributed by atoms with Gasteiger partial charge in [-0.15, -0.1) is 0 Å². The van der Waals surface area contributed by atoms with Crippen molar-refractivity contribution in [2.75, 3.05) is 0 Å². The molecule has 4 heteroatoms. The van der Waals surface area contributed by atoms with Crippen LogP contribution in [0.4, 0.5) is 0 Å². The molecule has 1 amide bonds. The van der Waals surface area contributed by atoms with Gasteiger partial charge in [0, 0.05) is 17.7 Å². The summed E-state index contributed by atoms with van der Waals surface area (Å²) in [7, 11) is 0. The van der Waals surface area contributed by atoms with Crippen molar-refractivity contribution in [3.63, 3.8) is 0 Å². The van der Waals surface area contributed by atoms with E-state index >= 15 is 0 Å². The number of nitrogens with two attached hydrogens (primary N) is 2. The number of ether oxygens (including phenoxy) is 1. The van der Waals surface area contributed by atoms with Gasteiger partial charge in [-0.25, -0.2) is 0 Å². The molecule has 0 aromatic heterocycles. The lowest BCUT2D eigenvalue weighted by Gasteiger charge is -2.10. The number of carbonyl (C=O) groups excluding carboxylic acids is 1. The molecule has 4 nitrogen and oxygen atoms in total. The Balaban J connectivity index is 2.28. The number of hydrogen-bond acceptors (Lipinski definition) is 3. The van der Waals surface area contributed by atoms with E-state index in [1.54, 1.807) is 18.2 Å². The number of hydrogen-bond donors (Lipinski definition) is 2. The van der Waals surface area contributed by atoms with Gasteiger partial charge < -0.3 is 16.2 Å². The highest BCUT2D eigenvalue weighted by Crippen LogP contribution is 2.29. The Labute approximate surface area is 88.2 Å². The molecule has 1 aliphatic carbocycles. The summed E-state index contributed by atoms with van der Waals surface area (Å²) in [5.74, 6) is 0.246. The molecular weight excluding hydrogens is 192 g/mol. The summed E-state index contributed by atoms with van der Waals surface area (Å²) >= 11 is 0. The topological polar surface area (TPSA) is 78.3 Å².